The molecule has 23 heteroatoms. The first kappa shape index (κ1) is 97.2. The van der Waals surface area contributed by atoms with Gasteiger partial charge in [0.25, 0.3) is 0 Å². The molecule has 7 aliphatic heterocycles. The Hall–Kier alpha value is -13.0. The fraction of sp³-hybridized carbons (Fsp3) is 0.239. The lowest BCUT2D eigenvalue weighted by Gasteiger charge is -2.50. The molecule has 0 saturated heterocycles. The van der Waals surface area contributed by atoms with Gasteiger partial charge in [0, 0.05) is 76.4 Å². The molecule has 4 unspecified atom stereocenters. The zero-order valence-electron chi connectivity index (χ0n) is 81.2. The molecule has 20 nitrogen and oxygen atoms in total. The van der Waals surface area contributed by atoms with E-state index in [1.54, 1.807) is 38.1 Å². The Kier molecular flexibility index (Phi) is 29.0. The number of carbonyl (C=O) groups is 1. The van der Waals surface area contributed by atoms with Crippen LogP contribution in [0, 0.1) is 41.5 Å². The Labute approximate surface area is 820 Å². The summed E-state index contributed by atoms with van der Waals surface area (Å²) in [6.07, 6.45) is 18.2. The second-order valence-electron chi connectivity index (χ2n) is 36.3. The van der Waals surface area contributed by atoms with Gasteiger partial charge < -0.3 is 57.3 Å². The quantitative estimate of drug-likeness (QED) is 0.0128. The lowest BCUT2D eigenvalue weighted by atomic mass is 9.83. The van der Waals surface area contributed by atoms with Crippen molar-refractivity contribution in [3.8, 4) is 0 Å². The molecule has 7 aliphatic rings. The van der Waals surface area contributed by atoms with Crippen molar-refractivity contribution < 1.29 is 65.0 Å². The lowest BCUT2D eigenvalue weighted by Crippen LogP contribution is -2.73. The molecule has 714 valence electrons. The Balaban J connectivity index is 0.000000139. The van der Waals surface area contributed by atoms with Crippen molar-refractivity contribution in [2.75, 3.05) is 39.6 Å². The number of rotatable bonds is 33. The van der Waals surface area contributed by atoms with Gasteiger partial charge in [-0.3, -0.25) is 18.5 Å². The summed E-state index contributed by atoms with van der Waals surface area (Å²) in [6.45, 7) is 25.7. The van der Waals surface area contributed by atoms with Crippen LogP contribution in [-0.2, 0) is 65.2 Å². The van der Waals surface area contributed by atoms with Gasteiger partial charge in [0.05, 0.1) is 116 Å². The van der Waals surface area contributed by atoms with Gasteiger partial charge >= 0.3 is 28.7 Å². The summed E-state index contributed by atoms with van der Waals surface area (Å²) in [5, 5.41) is 22.0. The monoisotopic (exact) mass is 1920 g/mol. The summed E-state index contributed by atoms with van der Waals surface area (Å²) in [7, 11) is -9.41. The molecule has 0 radical (unpaired) electrons. The second kappa shape index (κ2) is 41.8. The van der Waals surface area contributed by atoms with Gasteiger partial charge in [-0.15, -0.1) is 0 Å². The first-order valence-corrected chi connectivity index (χ1v) is 53.5. The van der Waals surface area contributed by atoms with Gasteiger partial charge in [-0.1, -0.05) is 267 Å². The highest BCUT2D eigenvalue weighted by molar-refractivity contribution is 7.53. The number of allylic oxidation sites excluding steroid dienone is 6. The van der Waals surface area contributed by atoms with Crippen molar-refractivity contribution in [1.29, 1.82) is 0 Å². The van der Waals surface area contributed by atoms with Crippen molar-refractivity contribution in [3.05, 3.63) is 491 Å². The van der Waals surface area contributed by atoms with E-state index in [9.17, 15) is 28.7 Å². The molecule has 0 bridgehead atoms. The number of hydrogen-bond acceptors (Lipinski definition) is 13. The van der Waals surface area contributed by atoms with Crippen LogP contribution in [0.3, 0.4) is 0 Å². The van der Waals surface area contributed by atoms with E-state index in [2.05, 4.69) is 260 Å². The molecule has 5 aromatic heterocycles. The molecule has 12 heterocycles. The van der Waals surface area contributed by atoms with Crippen LogP contribution in [0.4, 0.5) is 0 Å². The van der Waals surface area contributed by atoms with Crippen molar-refractivity contribution in [3.63, 3.8) is 0 Å². The van der Waals surface area contributed by atoms with Crippen LogP contribution < -0.4 is 0 Å². The summed E-state index contributed by atoms with van der Waals surface area (Å²) < 4.78 is 79.2. The summed E-state index contributed by atoms with van der Waals surface area (Å²) in [5.41, 5.74) is 37.1. The maximum absolute atomic E-state index is 13.6. The lowest BCUT2D eigenvalue weighted by molar-refractivity contribution is -0.858. The van der Waals surface area contributed by atoms with Crippen molar-refractivity contribution in [1.82, 2.24) is 29.4 Å². The largest absolute Gasteiger partial charge is 0.549 e. The molecule has 0 fully saturated rings. The topological polar surface area (TPSA) is 241 Å². The van der Waals surface area contributed by atoms with E-state index in [0.717, 1.165) is 90.5 Å². The minimum atomic E-state index is -3.27. The number of nitrogens with one attached hydrogen (secondary N) is 4. The molecule has 0 aliphatic carbocycles. The summed E-state index contributed by atoms with van der Waals surface area (Å²) >= 11 is 0. The molecule has 9 aromatic carbocycles. The van der Waals surface area contributed by atoms with Gasteiger partial charge in [-0.25, -0.2) is 4.90 Å². The molecule has 5 atom stereocenters. The molecule has 0 amide bonds. The van der Waals surface area contributed by atoms with Crippen molar-refractivity contribution >= 4 is 57.2 Å². The Morgan fingerprint density at radius 2 is 0.729 bits per heavy atom. The molecule has 0 saturated carbocycles. The van der Waals surface area contributed by atoms with Crippen molar-refractivity contribution in [2.45, 2.75) is 143 Å². The van der Waals surface area contributed by atoms with Gasteiger partial charge in [0.15, 0.2) is 0 Å². The maximum Gasteiger partial charge on any atom is 0.549 e. The number of aliphatic hydroxyl groups excluding tert-OH is 2. The number of nitrogens with zero attached hydrogens (tertiary/aromatic N) is 4. The number of H-pyrrole nitrogens is 4. The van der Waals surface area contributed by atoms with Crippen LogP contribution in [0.2, 0.25) is 0 Å². The van der Waals surface area contributed by atoms with Gasteiger partial charge in [0.1, 0.15) is 18.5 Å². The first-order chi connectivity index (χ1) is 67.9. The highest BCUT2D eigenvalue weighted by Crippen LogP contribution is 2.62. The van der Waals surface area contributed by atoms with E-state index in [0.29, 0.717) is 45.2 Å². The van der Waals surface area contributed by atoms with Crippen LogP contribution in [-0.4, -0.2) is 112 Å². The standard InChI is InChI=1S/C53H47N4O3P.C32H32N2O2.C20H25N2O3P.C12H17O4P/c1-6-59-61(58,60-7-2)32-36-14-22-40(23-15-36)52-47-30-28-45-50(38-18-10-34(4)11-19-38)43-26-24-41-49(37-16-8-33(3)9-17-37)42-25-27-44-51(39-20-12-35(5)13-21-39)46-29-31-48(52)57(46)53(54(41)43,55(42)44)56(45)47;1-20-4-10-23(11-5-20)30(26-16-18-28(33-26)31(35)24-12-6-21(2)7-13-24)27-17-19-29(34-27)32(36)25-14-8-22(3)9-15-25;1-3-24-26(23,25-4-2)15-16-9-11-17(12-10-16)20(18-7-5-13-21-18)19-8-6-14-22-19;1-3-15-17(14,16-4-2)10-12-7-5-11(9-13)6-8-12/h8-31,47,52H,6-7,32H2,1-5H3;4-19,30-36H,1-3H3;5-14,20-22H,3-4,15H2,1-2H3;5-9H,3-4,10H2,1-2H3/q+2;;;/t47?,52-,53?;;;/m1.../s1. The number of aliphatic hydroxyl groups is 2. The van der Waals surface area contributed by atoms with E-state index < -0.39 is 40.9 Å². The normalized spacial score (nSPS) is 16.9. The van der Waals surface area contributed by atoms with Gasteiger partial charge in [-0.2, -0.15) is 4.57 Å². The second-order valence-corrected chi connectivity index (χ2v) is 42.5. The van der Waals surface area contributed by atoms with Gasteiger partial charge in [-0.05, 0) is 211 Å². The zero-order valence-corrected chi connectivity index (χ0v) is 83.9. The van der Waals surface area contributed by atoms with Crippen LogP contribution in [0.1, 0.15) is 222 Å². The number of benzene rings is 9. The van der Waals surface area contributed by atoms with E-state index in [1.807, 2.05) is 151 Å². The Morgan fingerprint density at radius 3 is 1.12 bits per heavy atom. The van der Waals surface area contributed by atoms with Crippen LogP contribution in [0.15, 0.2) is 345 Å². The third-order valence-corrected chi connectivity index (χ3v) is 32.9. The van der Waals surface area contributed by atoms with E-state index in [-0.39, 0.29) is 42.3 Å². The van der Waals surface area contributed by atoms with Crippen molar-refractivity contribution in [2.24, 2.45) is 0 Å². The number of aldehydes is 1. The van der Waals surface area contributed by atoms with E-state index in [1.165, 1.54) is 101 Å². The molecule has 6 N–H and O–H groups in total. The average molecular weight is 1920 g/mol. The number of aromatic nitrogens is 5. The highest BCUT2D eigenvalue weighted by atomic mass is 31.2. The molecule has 21 rings (SSSR count). The number of hydrogen-bond donors (Lipinski definition) is 6. The Bertz CT molecular complexity index is 7090. The van der Waals surface area contributed by atoms with Gasteiger partial charge in [0.2, 0.25) is 22.8 Å². The molecule has 1 spiro atoms. The third kappa shape index (κ3) is 19.5. The number of aromatic amines is 4. The molecular formula is C117H121N8O12P3+2. The first-order valence-electron chi connectivity index (χ1n) is 48.3. The third-order valence-electron chi connectivity index (χ3n) is 26.7. The predicted octanol–water partition coefficient (Wildman–Crippen LogP) is 26.0. The molecule has 14 aromatic rings. The number of aryl methyl sites for hydroxylation is 6. The minimum Gasteiger partial charge on any atom is -0.382 e. The van der Waals surface area contributed by atoms with E-state index >= 15 is 0 Å². The van der Waals surface area contributed by atoms with E-state index in [4.69, 9.17) is 27.1 Å². The predicted molar refractivity (Wildman–Crippen MR) is 556 cm³/mol. The molecule has 140 heavy (non-hydrogen) atoms. The fourth-order valence-electron chi connectivity index (χ4n) is 20.3. The zero-order chi connectivity index (χ0) is 97.7. The number of carbonyl (C=O) groups excluding carboxylic acids is 1. The summed E-state index contributed by atoms with van der Waals surface area (Å²) in [4.78, 5) is 26.8. The van der Waals surface area contributed by atoms with Crippen LogP contribution in [0.25, 0.3) is 16.7 Å². The summed E-state index contributed by atoms with van der Waals surface area (Å²) in [6, 6.07) is 96.1. The maximum atomic E-state index is 13.6. The average Bonchev–Trinajstić information content (AvgIpc) is 1.45. The highest BCUT2D eigenvalue weighted by Gasteiger charge is 2.78. The SMILES string of the molecule is CCOP(=O)(Cc1ccc(C(c2ccc[nH]2)c2ccc[nH]2)cc1)OCC.CCOP(=O)(Cc1ccc(C=O)cc1)OCC.CCOP(=O)(Cc1ccc([C@H]2C3=[N+]4C(=C(c5ccc(C)cc5)c5ccc6n5C45N4C(=C(c7ccc(C)cc7)C7=[N+]5C(=C6c5ccc(C)cc5)C=C7)C=CC24)C=C3)cc1)OCC.Cc1ccc(C(O)c2ccc(C(c3ccc(C)cc3)c3ccc(C(O)c4ccc(C)cc4)[nH]3)[nH]2)cc1. The minimum absolute atomic E-state index is 0.0186. The molecular weight excluding hydrogens is 1800 g/mol. The smallest absolute Gasteiger partial charge is 0.382 e. The van der Waals surface area contributed by atoms with Crippen LogP contribution in [0.5, 0.6) is 0 Å². The Morgan fingerprint density at radius 1 is 0.379 bits per heavy atom. The fourth-order valence-corrected chi connectivity index (χ4v) is 25.4. The summed E-state index contributed by atoms with van der Waals surface area (Å²) in [5.74, 6) is -0.827. The van der Waals surface area contributed by atoms with Crippen LogP contribution >= 0.6 is 22.8 Å².